The highest BCUT2D eigenvalue weighted by Crippen LogP contribution is 2.44. The second-order valence-corrected chi connectivity index (χ2v) is 7.38. The zero-order valence-corrected chi connectivity index (χ0v) is 17.5. The Morgan fingerprint density at radius 1 is 1.06 bits per heavy atom. The maximum atomic E-state index is 13.3. The highest BCUT2D eigenvalue weighted by atomic mass is 19.4. The molecule has 1 aliphatic rings. The fourth-order valence-corrected chi connectivity index (χ4v) is 3.55. The monoisotopic (exact) mass is 462 g/mol. The van der Waals surface area contributed by atoms with Crippen LogP contribution in [0.2, 0.25) is 0 Å². The molecule has 10 heteroatoms. The number of benzene rings is 2. The zero-order chi connectivity index (χ0) is 24.2. The number of alkyl carbamates (subject to hydrolysis) is 1. The summed E-state index contributed by atoms with van der Waals surface area (Å²) in [5.74, 6) is -3.16. The average Bonchev–Trinajstić information content (AvgIpc) is 3.08. The van der Waals surface area contributed by atoms with Crippen LogP contribution < -0.4 is 10.6 Å². The van der Waals surface area contributed by atoms with E-state index in [0.29, 0.717) is 0 Å². The molecule has 2 aromatic carbocycles. The molecule has 174 valence electrons. The molecule has 0 saturated carbocycles. The molecule has 0 fully saturated rings. The van der Waals surface area contributed by atoms with E-state index in [9.17, 15) is 27.6 Å². The minimum Gasteiger partial charge on any atom is -0.478 e. The number of halogens is 3. The average molecular weight is 462 g/mol. The van der Waals surface area contributed by atoms with Crippen LogP contribution >= 0.6 is 0 Å². The number of carbonyl (C=O) groups excluding carboxylic acids is 2. The van der Waals surface area contributed by atoms with Gasteiger partial charge < -0.3 is 20.5 Å². The van der Waals surface area contributed by atoms with Gasteiger partial charge in [0, 0.05) is 18.0 Å². The summed E-state index contributed by atoms with van der Waals surface area (Å²) in [6, 6.07) is 12.1. The molecule has 0 aliphatic heterocycles. The Hall–Kier alpha value is -3.82. The molecule has 0 aromatic heterocycles. The van der Waals surface area contributed by atoms with Gasteiger partial charge in [-0.15, -0.1) is 0 Å². The first-order valence-corrected chi connectivity index (χ1v) is 9.95. The first-order valence-electron chi connectivity index (χ1n) is 9.95. The van der Waals surface area contributed by atoms with Crippen LogP contribution in [0.25, 0.3) is 11.1 Å². The molecule has 1 atom stereocenters. The number of hydrogen-bond donors (Lipinski definition) is 3. The SMILES string of the molecule is C/C(=C\CNC(=O)C(NC(=O)OCC1c2ccccc2-c2ccccc21)C(F)(F)F)C(=O)O. The number of carboxylic acids is 1. The van der Waals surface area contributed by atoms with Gasteiger partial charge in [-0.3, -0.25) is 4.79 Å². The number of nitrogens with one attached hydrogen (secondary N) is 2. The van der Waals surface area contributed by atoms with Crippen molar-refractivity contribution in [3.63, 3.8) is 0 Å². The lowest BCUT2D eigenvalue weighted by Crippen LogP contribution is -2.55. The Labute approximate surface area is 187 Å². The number of carboxylic acid groups (broad SMARTS) is 1. The third-order valence-corrected chi connectivity index (χ3v) is 5.22. The lowest BCUT2D eigenvalue weighted by molar-refractivity contribution is -0.167. The highest BCUT2D eigenvalue weighted by Gasteiger charge is 2.46. The van der Waals surface area contributed by atoms with Crippen LogP contribution in [0.5, 0.6) is 0 Å². The van der Waals surface area contributed by atoms with Gasteiger partial charge in [-0.05, 0) is 29.2 Å². The Balaban J connectivity index is 1.65. The van der Waals surface area contributed by atoms with Gasteiger partial charge in [0.1, 0.15) is 6.61 Å². The molecule has 2 amide bonds. The van der Waals surface area contributed by atoms with Crippen molar-refractivity contribution in [1.29, 1.82) is 0 Å². The maximum Gasteiger partial charge on any atom is 0.417 e. The summed E-state index contributed by atoms with van der Waals surface area (Å²) in [4.78, 5) is 34.9. The van der Waals surface area contributed by atoms with Gasteiger partial charge in [-0.25, -0.2) is 9.59 Å². The minimum atomic E-state index is -5.08. The first kappa shape index (κ1) is 23.8. The van der Waals surface area contributed by atoms with Gasteiger partial charge in [0.15, 0.2) is 0 Å². The molecule has 1 aliphatic carbocycles. The van der Waals surface area contributed by atoms with Gasteiger partial charge in [-0.2, -0.15) is 13.2 Å². The summed E-state index contributed by atoms with van der Waals surface area (Å²) >= 11 is 0. The Bertz CT molecular complexity index is 1050. The van der Waals surface area contributed by atoms with Gasteiger partial charge in [0.25, 0.3) is 5.91 Å². The van der Waals surface area contributed by atoms with Gasteiger partial charge in [-0.1, -0.05) is 54.6 Å². The molecular formula is C23H21F3N2O5. The standard InChI is InChI=1S/C23H21F3N2O5/c1-13(21(30)31)10-11-27-20(29)19(23(24,25)26)28-22(32)33-12-18-16-8-4-2-6-14(16)15-7-3-5-9-17(15)18/h2-10,18-19H,11-12H2,1H3,(H,27,29)(H,28,32)(H,30,31)/b13-10+. The van der Waals surface area contributed by atoms with E-state index in [-0.39, 0.29) is 18.1 Å². The number of fused-ring (bicyclic) bond motifs is 3. The summed E-state index contributed by atoms with van der Waals surface area (Å²) in [6.07, 6.45) is -5.44. The van der Waals surface area contributed by atoms with Crippen molar-refractivity contribution >= 4 is 18.0 Å². The third-order valence-electron chi connectivity index (χ3n) is 5.22. The number of hydrogen-bond acceptors (Lipinski definition) is 4. The number of rotatable bonds is 7. The molecule has 3 N–H and O–H groups in total. The minimum absolute atomic E-state index is 0.150. The zero-order valence-electron chi connectivity index (χ0n) is 17.5. The Kier molecular flexibility index (Phi) is 7.05. The number of aliphatic carboxylic acids is 1. The fourth-order valence-electron chi connectivity index (χ4n) is 3.55. The van der Waals surface area contributed by atoms with Crippen LogP contribution in [0.4, 0.5) is 18.0 Å². The Morgan fingerprint density at radius 2 is 1.61 bits per heavy atom. The van der Waals surface area contributed by atoms with Crippen LogP contribution in [0, 0.1) is 0 Å². The molecule has 7 nitrogen and oxygen atoms in total. The van der Waals surface area contributed by atoms with Crippen molar-refractivity contribution in [1.82, 2.24) is 10.6 Å². The van der Waals surface area contributed by atoms with Crippen molar-refractivity contribution in [3.8, 4) is 11.1 Å². The lowest BCUT2D eigenvalue weighted by Gasteiger charge is -2.21. The maximum absolute atomic E-state index is 13.3. The Morgan fingerprint density at radius 3 is 2.12 bits per heavy atom. The summed E-state index contributed by atoms with van der Waals surface area (Å²) in [5.41, 5.74) is 3.54. The summed E-state index contributed by atoms with van der Waals surface area (Å²) < 4.78 is 45.1. The number of alkyl halides is 3. The van der Waals surface area contributed by atoms with Gasteiger partial charge in [0.05, 0.1) is 0 Å². The molecule has 0 heterocycles. The van der Waals surface area contributed by atoms with Gasteiger partial charge in [0.2, 0.25) is 6.04 Å². The topological polar surface area (TPSA) is 105 Å². The van der Waals surface area contributed by atoms with E-state index in [1.54, 1.807) is 5.32 Å². The van der Waals surface area contributed by atoms with E-state index in [0.717, 1.165) is 28.3 Å². The van der Waals surface area contributed by atoms with E-state index in [2.05, 4.69) is 0 Å². The van der Waals surface area contributed by atoms with E-state index in [4.69, 9.17) is 9.84 Å². The molecule has 0 bridgehead atoms. The molecule has 1 unspecified atom stereocenters. The lowest BCUT2D eigenvalue weighted by atomic mass is 9.98. The number of ether oxygens (including phenoxy) is 1. The molecule has 3 rings (SSSR count). The van der Waals surface area contributed by atoms with Crippen LogP contribution in [0.1, 0.15) is 24.0 Å². The second kappa shape index (κ2) is 9.76. The molecule has 0 saturated heterocycles. The van der Waals surface area contributed by atoms with E-state index < -0.39 is 36.7 Å². The smallest absolute Gasteiger partial charge is 0.417 e. The molecule has 0 radical (unpaired) electrons. The van der Waals surface area contributed by atoms with E-state index in [1.807, 2.05) is 53.8 Å². The van der Waals surface area contributed by atoms with Crippen molar-refractivity contribution in [2.75, 3.05) is 13.2 Å². The van der Waals surface area contributed by atoms with Crippen molar-refractivity contribution in [2.24, 2.45) is 0 Å². The van der Waals surface area contributed by atoms with Crippen LogP contribution in [-0.2, 0) is 14.3 Å². The van der Waals surface area contributed by atoms with Crippen LogP contribution in [0.3, 0.4) is 0 Å². The number of carbonyl (C=O) groups is 3. The molecule has 33 heavy (non-hydrogen) atoms. The fraction of sp³-hybridized carbons (Fsp3) is 0.261. The summed E-state index contributed by atoms with van der Waals surface area (Å²) in [6.45, 7) is 0.563. The number of amides is 2. The largest absolute Gasteiger partial charge is 0.478 e. The van der Waals surface area contributed by atoms with Crippen LogP contribution in [-0.4, -0.2) is 48.4 Å². The van der Waals surface area contributed by atoms with E-state index >= 15 is 0 Å². The third kappa shape index (κ3) is 5.51. The molecule has 2 aromatic rings. The highest BCUT2D eigenvalue weighted by molar-refractivity contribution is 5.88. The predicted octanol–water partition coefficient (Wildman–Crippen LogP) is 3.60. The summed E-state index contributed by atoms with van der Waals surface area (Å²) in [7, 11) is 0. The molecule has 0 spiro atoms. The summed E-state index contributed by atoms with van der Waals surface area (Å²) in [5, 5.41) is 12.2. The van der Waals surface area contributed by atoms with Crippen LogP contribution in [0.15, 0.2) is 60.2 Å². The van der Waals surface area contributed by atoms with Gasteiger partial charge >= 0.3 is 18.2 Å². The predicted molar refractivity (Wildman–Crippen MR) is 112 cm³/mol. The quantitative estimate of drug-likeness (QED) is 0.546. The van der Waals surface area contributed by atoms with Crippen molar-refractivity contribution in [2.45, 2.75) is 25.1 Å². The van der Waals surface area contributed by atoms with Crippen molar-refractivity contribution < 1.29 is 37.4 Å². The molecular weight excluding hydrogens is 441 g/mol. The second-order valence-electron chi connectivity index (χ2n) is 7.38. The van der Waals surface area contributed by atoms with Crippen molar-refractivity contribution in [3.05, 3.63) is 71.3 Å². The first-order chi connectivity index (χ1) is 15.6. The normalized spacial score (nSPS) is 14.1. The van der Waals surface area contributed by atoms with E-state index in [1.165, 1.54) is 6.92 Å².